The number of hydrogen-bond donors (Lipinski definition) is 0. The minimum atomic E-state index is -4.49. The highest BCUT2D eigenvalue weighted by Crippen LogP contribution is 2.36. The number of carbonyl (C=O) groups excluding carboxylic acids is 1. The number of benzene rings is 1. The highest BCUT2D eigenvalue weighted by Gasteiger charge is 2.35. The molecule has 0 bridgehead atoms. The van der Waals surface area contributed by atoms with Crippen molar-refractivity contribution in [3.8, 4) is 0 Å². The Bertz CT molecular complexity index is 373. The first-order chi connectivity index (χ1) is 6.84. The first-order valence-corrected chi connectivity index (χ1v) is 4.58. The summed E-state index contributed by atoms with van der Waals surface area (Å²) in [7, 11) is 0. The van der Waals surface area contributed by atoms with Gasteiger partial charge in [0.05, 0.1) is 5.56 Å². The van der Waals surface area contributed by atoms with E-state index in [9.17, 15) is 18.0 Å². The van der Waals surface area contributed by atoms with Crippen molar-refractivity contribution in [1.82, 2.24) is 0 Å². The van der Waals surface area contributed by atoms with Gasteiger partial charge in [0.1, 0.15) is 5.38 Å². The molecule has 0 aliphatic heterocycles. The van der Waals surface area contributed by atoms with Gasteiger partial charge in [0.2, 0.25) is 0 Å². The summed E-state index contributed by atoms with van der Waals surface area (Å²) in [4.78, 5) is 10.9. The van der Waals surface area contributed by atoms with Gasteiger partial charge >= 0.3 is 6.18 Å². The predicted molar refractivity (Wildman–Crippen MR) is 50.7 cm³/mol. The molecule has 1 aromatic rings. The first-order valence-electron chi connectivity index (χ1n) is 4.14. The summed E-state index contributed by atoms with van der Waals surface area (Å²) in [5.74, 6) is -0.506. The average Bonchev–Trinajstić information content (AvgIpc) is 2.15. The van der Waals surface area contributed by atoms with Gasteiger partial charge in [-0.15, -0.1) is 11.6 Å². The molecule has 0 amide bonds. The second-order valence-electron chi connectivity index (χ2n) is 3.06. The number of carbonyl (C=O) groups is 1. The number of ketones is 1. The van der Waals surface area contributed by atoms with Crippen LogP contribution in [0.15, 0.2) is 24.3 Å². The quantitative estimate of drug-likeness (QED) is 0.718. The highest BCUT2D eigenvalue weighted by atomic mass is 35.5. The smallest absolute Gasteiger partial charge is 0.298 e. The van der Waals surface area contributed by atoms with E-state index >= 15 is 0 Å². The molecule has 0 aliphatic carbocycles. The second kappa shape index (κ2) is 4.23. The summed E-state index contributed by atoms with van der Waals surface area (Å²) in [6.07, 6.45) is -4.49. The van der Waals surface area contributed by atoms with E-state index in [2.05, 4.69) is 0 Å². The third-order valence-electron chi connectivity index (χ3n) is 1.90. The van der Waals surface area contributed by atoms with Crippen molar-refractivity contribution >= 4 is 17.4 Å². The van der Waals surface area contributed by atoms with Gasteiger partial charge in [0.25, 0.3) is 0 Å². The standard InChI is InChI=1S/C10H8ClF3O/c1-6(15)9(11)7-4-2-3-5-8(7)10(12,13)14/h2-5,9H,1H3. The number of rotatable bonds is 2. The molecular weight excluding hydrogens is 229 g/mol. The molecule has 0 N–H and O–H groups in total. The zero-order valence-electron chi connectivity index (χ0n) is 7.81. The SMILES string of the molecule is CC(=O)C(Cl)c1ccccc1C(F)(F)F. The van der Waals surface area contributed by atoms with Crippen LogP contribution in [0.3, 0.4) is 0 Å². The summed E-state index contributed by atoms with van der Waals surface area (Å²) >= 11 is 5.60. The zero-order valence-corrected chi connectivity index (χ0v) is 8.56. The summed E-state index contributed by atoms with van der Waals surface area (Å²) < 4.78 is 37.5. The average molecular weight is 237 g/mol. The lowest BCUT2D eigenvalue weighted by molar-refractivity contribution is -0.138. The van der Waals surface area contributed by atoms with Gasteiger partial charge in [-0.3, -0.25) is 4.79 Å². The predicted octanol–water partition coefficient (Wildman–Crippen LogP) is 3.57. The second-order valence-corrected chi connectivity index (χ2v) is 3.49. The van der Waals surface area contributed by atoms with E-state index in [0.717, 1.165) is 13.0 Å². The Hall–Kier alpha value is -1.03. The van der Waals surface area contributed by atoms with Crippen molar-refractivity contribution < 1.29 is 18.0 Å². The van der Waals surface area contributed by atoms with Gasteiger partial charge in [0.15, 0.2) is 5.78 Å². The van der Waals surface area contributed by atoms with Crippen molar-refractivity contribution in [3.05, 3.63) is 35.4 Å². The molecule has 0 heterocycles. The van der Waals surface area contributed by atoms with Gasteiger partial charge in [0, 0.05) is 0 Å². The lowest BCUT2D eigenvalue weighted by Gasteiger charge is -2.14. The summed E-state index contributed by atoms with van der Waals surface area (Å²) in [5, 5.41) is -1.25. The molecule has 1 rings (SSSR count). The van der Waals surface area contributed by atoms with Gasteiger partial charge in [-0.05, 0) is 18.6 Å². The molecule has 0 saturated carbocycles. The van der Waals surface area contributed by atoms with E-state index in [1.165, 1.54) is 18.2 Å². The van der Waals surface area contributed by atoms with Gasteiger partial charge in [-0.1, -0.05) is 18.2 Å². The van der Waals surface area contributed by atoms with Crippen LogP contribution in [0.25, 0.3) is 0 Å². The number of alkyl halides is 4. The van der Waals surface area contributed by atoms with Crippen LogP contribution in [-0.4, -0.2) is 5.78 Å². The largest absolute Gasteiger partial charge is 0.416 e. The normalized spacial score (nSPS) is 13.7. The molecule has 15 heavy (non-hydrogen) atoms. The molecule has 5 heteroatoms. The summed E-state index contributed by atoms with van der Waals surface area (Å²) in [6, 6.07) is 4.80. The molecule has 0 saturated heterocycles. The van der Waals surface area contributed by atoms with Gasteiger partial charge < -0.3 is 0 Å². The maximum absolute atomic E-state index is 12.5. The van der Waals surface area contributed by atoms with Crippen LogP contribution in [0.1, 0.15) is 23.4 Å². The van der Waals surface area contributed by atoms with E-state index in [1.807, 2.05) is 0 Å². The molecular formula is C10H8ClF3O. The molecule has 1 aromatic carbocycles. The topological polar surface area (TPSA) is 17.1 Å². The molecule has 1 nitrogen and oxygen atoms in total. The molecule has 0 fully saturated rings. The van der Waals surface area contributed by atoms with E-state index in [-0.39, 0.29) is 5.56 Å². The highest BCUT2D eigenvalue weighted by molar-refractivity contribution is 6.30. The number of Topliss-reactive ketones (excluding diaryl/α,β-unsaturated/α-hetero) is 1. The maximum Gasteiger partial charge on any atom is 0.416 e. The van der Waals surface area contributed by atoms with Crippen molar-refractivity contribution in [2.75, 3.05) is 0 Å². The third kappa shape index (κ3) is 2.72. The summed E-state index contributed by atoms with van der Waals surface area (Å²) in [5.41, 5.74) is -1.06. The monoisotopic (exact) mass is 236 g/mol. The fourth-order valence-corrected chi connectivity index (χ4v) is 1.39. The molecule has 0 aliphatic rings. The third-order valence-corrected chi connectivity index (χ3v) is 2.44. The fourth-order valence-electron chi connectivity index (χ4n) is 1.20. The van der Waals surface area contributed by atoms with Crippen LogP contribution in [-0.2, 0) is 11.0 Å². The van der Waals surface area contributed by atoms with E-state index in [1.54, 1.807) is 0 Å². The molecule has 1 atom stereocenters. The van der Waals surface area contributed by atoms with Gasteiger partial charge in [-0.2, -0.15) is 13.2 Å². The van der Waals surface area contributed by atoms with E-state index in [0.29, 0.717) is 0 Å². The van der Waals surface area contributed by atoms with Gasteiger partial charge in [-0.25, -0.2) is 0 Å². The molecule has 82 valence electrons. The van der Waals surface area contributed by atoms with E-state index < -0.39 is 22.9 Å². The minimum Gasteiger partial charge on any atom is -0.298 e. The van der Waals surface area contributed by atoms with Crippen LogP contribution < -0.4 is 0 Å². The molecule has 0 aromatic heterocycles. The Morgan fingerprint density at radius 3 is 2.33 bits per heavy atom. The van der Waals surface area contributed by atoms with Crippen molar-refractivity contribution in [2.24, 2.45) is 0 Å². The summed E-state index contributed by atoms with van der Waals surface area (Å²) in [6.45, 7) is 1.16. The van der Waals surface area contributed by atoms with Crippen LogP contribution in [0.5, 0.6) is 0 Å². The minimum absolute atomic E-state index is 0.195. The van der Waals surface area contributed by atoms with Crippen molar-refractivity contribution in [3.63, 3.8) is 0 Å². The fraction of sp³-hybridized carbons (Fsp3) is 0.300. The van der Waals surface area contributed by atoms with Crippen LogP contribution >= 0.6 is 11.6 Å². The molecule has 0 spiro atoms. The Labute approximate surface area is 89.9 Å². The lowest BCUT2D eigenvalue weighted by atomic mass is 10.0. The Morgan fingerprint density at radius 1 is 1.33 bits per heavy atom. The van der Waals surface area contributed by atoms with E-state index in [4.69, 9.17) is 11.6 Å². The van der Waals surface area contributed by atoms with Crippen molar-refractivity contribution in [1.29, 1.82) is 0 Å². The lowest BCUT2D eigenvalue weighted by Crippen LogP contribution is -2.12. The molecule has 1 unspecified atom stereocenters. The zero-order chi connectivity index (χ0) is 11.6. The number of halogens is 4. The first kappa shape index (κ1) is 12.0. The molecule has 0 radical (unpaired) electrons. The Morgan fingerprint density at radius 2 is 1.87 bits per heavy atom. The van der Waals surface area contributed by atoms with Crippen LogP contribution in [0, 0.1) is 0 Å². The van der Waals surface area contributed by atoms with Crippen LogP contribution in [0.2, 0.25) is 0 Å². The maximum atomic E-state index is 12.5. The van der Waals surface area contributed by atoms with Crippen molar-refractivity contribution in [2.45, 2.75) is 18.5 Å². The van der Waals surface area contributed by atoms with Crippen LogP contribution in [0.4, 0.5) is 13.2 Å². The Kier molecular flexibility index (Phi) is 3.39. The Balaban J connectivity index is 3.24. The number of hydrogen-bond acceptors (Lipinski definition) is 1.